The molecule has 0 unspecified atom stereocenters. The summed E-state index contributed by atoms with van der Waals surface area (Å²) in [6.45, 7) is 13.0. The van der Waals surface area contributed by atoms with Crippen LogP contribution in [0.2, 0.25) is 0 Å². The summed E-state index contributed by atoms with van der Waals surface area (Å²) in [7, 11) is -4.18. The predicted octanol–water partition coefficient (Wildman–Crippen LogP) is 5.17. The monoisotopic (exact) mass is 799 g/mol. The molecule has 7 rings (SSSR count). The number of ether oxygens (including phenoxy) is 3. The lowest BCUT2D eigenvalue weighted by atomic mass is 9.71. The van der Waals surface area contributed by atoms with Gasteiger partial charge >= 0.3 is 5.97 Å². The van der Waals surface area contributed by atoms with Crippen LogP contribution in [-0.4, -0.2) is 113 Å². The van der Waals surface area contributed by atoms with Crippen molar-refractivity contribution in [1.29, 1.82) is 0 Å². The Labute approximate surface area is 326 Å². The summed E-state index contributed by atoms with van der Waals surface area (Å²) in [5, 5.41) is 21.6. The van der Waals surface area contributed by atoms with Crippen LogP contribution < -0.4 is 14.8 Å². The van der Waals surface area contributed by atoms with Crippen LogP contribution in [-0.2, 0) is 19.6 Å². The minimum absolute atomic E-state index is 0.0119. The molecule has 2 N–H and O–H groups in total. The molecule has 2 saturated heterocycles. The van der Waals surface area contributed by atoms with Gasteiger partial charge in [0.25, 0.3) is 6.43 Å². The van der Waals surface area contributed by atoms with Crippen LogP contribution in [0.15, 0.2) is 46.1 Å². The van der Waals surface area contributed by atoms with Gasteiger partial charge in [0, 0.05) is 55.9 Å². The van der Waals surface area contributed by atoms with Gasteiger partial charge in [0.15, 0.2) is 5.65 Å². The predicted molar refractivity (Wildman–Crippen MR) is 203 cm³/mol. The number of rotatable bonds is 11. The smallest absolute Gasteiger partial charge is 0.310 e. The fraction of sp³-hybridized carbons (Fsp3) is 0.590. The maximum absolute atomic E-state index is 14.7. The van der Waals surface area contributed by atoms with Crippen molar-refractivity contribution >= 4 is 21.6 Å². The van der Waals surface area contributed by atoms with Gasteiger partial charge in [-0.25, -0.2) is 17.2 Å². The van der Waals surface area contributed by atoms with Gasteiger partial charge < -0.3 is 24.6 Å². The second kappa shape index (κ2) is 15.6. The van der Waals surface area contributed by atoms with Crippen molar-refractivity contribution in [3.63, 3.8) is 0 Å². The Balaban J connectivity index is 1.24. The van der Waals surface area contributed by atoms with Crippen LogP contribution in [0.5, 0.6) is 11.8 Å². The number of carboxylic acids is 1. The molecule has 0 bridgehead atoms. The van der Waals surface area contributed by atoms with Crippen LogP contribution in [0.4, 0.5) is 8.78 Å². The number of nitrogens with zero attached hydrogens (tertiary/aromatic N) is 6. The number of hydrogen-bond donors (Lipinski definition) is 2. The van der Waals surface area contributed by atoms with Crippen LogP contribution in [0.1, 0.15) is 87.7 Å². The lowest BCUT2D eigenvalue weighted by molar-refractivity contribution is -0.147. The van der Waals surface area contributed by atoms with Crippen LogP contribution >= 0.6 is 0 Å². The quantitative estimate of drug-likeness (QED) is 0.262. The second-order valence-electron chi connectivity index (χ2n) is 16.0. The summed E-state index contributed by atoms with van der Waals surface area (Å²) in [6, 6.07) is 3.21. The Morgan fingerprint density at radius 2 is 1.86 bits per heavy atom. The molecule has 4 aliphatic rings. The van der Waals surface area contributed by atoms with Crippen LogP contribution in [0, 0.1) is 19.3 Å². The number of aromatic nitrogens is 4. The number of hydrogen-bond acceptors (Lipinski definition) is 11. The van der Waals surface area contributed by atoms with Gasteiger partial charge in [-0.3, -0.25) is 14.1 Å². The first kappa shape index (κ1) is 40.0. The molecule has 0 saturated carbocycles. The van der Waals surface area contributed by atoms with E-state index < -0.39 is 45.2 Å². The van der Waals surface area contributed by atoms with Gasteiger partial charge in [0.05, 0.1) is 25.2 Å². The first-order valence-electron chi connectivity index (χ1n) is 19.2. The number of carbonyl (C=O) groups is 1. The molecule has 0 amide bonds. The molecular weight excluding hydrogens is 749 g/mol. The fourth-order valence-corrected chi connectivity index (χ4v) is 9.88. The summed E-state index contributed by atoms with van der Waals surface area (Å²) in [6.07, 6.45) is 4.89. The van der Waals surface area contributed by atoms with Gasteiger partial charge in [0.1, 0.15) is 17.1 Å². The topological polar surface area (TPSA) is 161 Å². The highest BCUT2D eigenvalue weighted by molar-refractivity contribution is 7.89. The van der Waals surface area contributed by atoms with E-state index in [-0.39, 0.29) is 29.5 Å². The van der Waals surface area contributed by atoms with Crippen molar-refractivity contribution in [3.8, 4) is 11.8 Å². The van der Waals surface area contributed by atoms with E-state index in [0.29, 0.717) is 73.0 Å². The van der Waals surface area contributed by atoms with E-state index >= 15 is 0 Å². The number of halogens is 2. The van der Waals surface area contributed by atoms with E-state index in [1.54, 1.807) is 39.8 Å². The summed E-state index contributed by atoms with van der Waals surface area (Å²) in [5.41, 5.74) is 1.67. The van der Waals surface area contributed by atoms with E-state index in [0.717, 1.165) is 25.2 Å². The minimum atomic E-state index is -4.18. The third kappa shape index (κ3) is 7.62. The zero-order chi connectivity index (χ0) is 40.0. The molecule has 56 heavy (non-hydrogen) atoms. The molecule has 0 aromatic carbocycles. The lowest BCUT2D eigenvalue weighted by Gasteiger charge is -2.39. The fourth-order valence-electron chi connectivity index (χ4n) is 8.25. The van der Waals surface area contributed by atoms with Crippen molar-refractivity contribution < 1.29 is 41.3 Å². The maximum Gasteiger partial charge on any atom is 0.310 e. The number of allylic oxidation sites excluding steroid dienone is 1. The number of likely N-dealkylation sites (tertiary alicyclic amines) is 1. The molecule has 17 heteroatoms. The number of fused-ring (bicyclic) bond motifs is 2. The van der Waals surface area contributed by atoms with Crippen molar-refractivity contribution in [2.24, 2.45) is 5.41 Å². The Hall–Kier alpha value is -4.19. The molecule has 3 aromatic rings. The van der Waals surface area contributed by atoms with Gasteiger partial charge in [-0.15, -0.1) is 10.2 Å². The summed E-state index contributed by atoms with van der Waals surface area (Å²) in [4.78, 5) is 19.9. The Kier molecular flexibility index (Phi) is 11.2. The maximum atomic E-state index is 14.7. The van der Waals surface area contributed by atoms with Gasteiger partial charge in [-0.2, -0.15) is 9.29 Å². The number of aryl methyl sites for hydroxylation is 2. The van der Waals surface area contributed by atoms with Crippen molar-refractivity contribution in [2.45, 2.75) is 89.6 Å². The number of carboxylic acid groups (broad SMARTS) is 1. The number of aliphatic carboxylic acids is 1. The lowest BCUT2D eigenvalue weighted by Crippen LogP contribution is -2.51. The van der Waals surface area contributed by atoms with E-state index in [2.05, 4.69) is 20.4 Å². The van der Waals surface area contributed by atoms with E-state index in [9.17, 15) is 27.1 Å². The van der Waals surface area contributed by atoms with Crippen LogP contribution in [0.25, 0.3) is 5.65 Å². The molecule has 7 heterocycles. The largest absolute Gasteiger partial charge is 0.481 e. The Bertz CT molecular complexity index is 2160. The molecule has 0 aliphatic carbocycles. The molecule has 1 atom stereocenters. The minimum Gasteiger partial charge on any atom is -0.481 e. The number of sulfonamides is 1. The van der Waals surface area contributed by atoms with Crippen molar-refractivity contribution in [2.75, 3.05) is 59.1 Å². The van der Waals surface area contributed by atoms with Gasteiger partial charge in [-0.1, -0.05) is 6.42 Å². The first-order valence-corrected chi connectivity index (χ1v) is 20.7. The molecule has 4 aliphatic heterocycles. The Morgan fingerprint density at radius 1 is 1.12 bits per heavy atom. The Morgan fingerprint density at radius 3 is 2.55 bits per heavy atom. The summed E-state index contributed by atoms with van der Waals surface area (Å²) in [5.74, 6) is -2.03. The molecule has 2 fully saturated rings. The van der Waals surface area contributed by atoms with E-state index in [4.69, 9.17) is 19.2 Å². The number of nitrogens with one attached hydrogen (secondary N) is 1. The zero-order valence-electron chi connectivity index (χ0n) is 32.6. The highest BCUT2D eigenvalue weighted by atomic mass is 32.2. The summed E-state index contributed by atoms with van der Waals surface area (Å²) >= 11 is 0. The normalized spacial score (nSPS) is 21.0. The van der Waals surface area contributed by atoms with Crippen molar-refractivity contribution in [1.82, 2.24) is 34.1 Å². The molecular formula is C39H51F2N7O7S. The third-order valence-electron chi connectivity index (χ3n) is 11.8. The van der Waals surface area contributed by atoms with E-state index in [1.807, 2.05) is 13.0 Å². The molecule has 3 aromatic heterocycles. The average molecular weight is 800 g/mol. The highest BCUT2D eigenvalue weighted by Crippen LogP contribution is 2.45. The number of piperidine rings is 1. The van der Waals surface area contributed by atoms with Crippen molar-refractivity contribution in [3.05, 3.63) is 63.8 Å². The number of alkyl halides is 2. The zero-order valence-corrected chi connectivity index (χ0v) is 33.4. The van der Waals surface area contributed by atoms with Crippen LogP contribution in [0.3, 0.4) is 0 Å². The van der Waals surface area contributed by atoms with Gasteiger partial charge in [0.2, 0.25) is 27.6 Å². The second-order valence-corrected chi connectivity index (χ2v) is 17.9. The number of dihydropyridines is 1. The number of pyridine rings is 2. The average Bonchev–Trinajstić information content (AvgIpc) is 3.58. The first-order chi connectivity index (χ1) is 26.6. The third-order valence-corrected chi connectivity index (χ3v) is 13.5. The molecule has 1 spiro atoms. The molecule has 14 nitrogen and oxygen atoms in total. The molecule has 0 radical (unpaired) electrons. The molecule has 304 valence electrons. The SMILES string of the molecule is CC1=C(CN2CC3(CCOCC3)Oc3nc(OCCN4CCCCC4)c(C)cc3S2(=O)=O)C=C([C@H](c2ccn3c(C(F)F)nnc3c2C)C(C)(C)C(=O)O)NC1. The van der Waals surface area contributed by atoms with Gasteiger partial charge in [-0.05, 0) is 101 Å². The van der Waals surface area contributed by atoms with E-state index in [1.165, 1.54) is 34.2 Å². The highest BCUT2D eigenvalue weighted by Gasteiger charge is 2.47. The summed E-state index contributed by atoms with van der Waals surface area (Å²) < 4.78 is 78.0. The standard InChI is InChI=1S/C39H51F2N7O7S/c1-24-19-30-36(43-35(24)54-18-15-46-12-7-6-8-13-46)55-39(10-16-53-17-11-39)23-47(56(30,51)52)22-27-20-29(42-21-25(27)2)31(38(4,5)37(49)50)28-9-14-48-33(26(28)3)44-45-34(48)32(40)41/h9,14,19-20,31-32,42H,6-8,10-13,15-18,21-23H2,1-5H3,(H,49,50)/t31-/m0/s1.